The van der Waals surface area contributed by atoms with Gasteiger partial charge in [-0.1, -0.05) is 256 Å². The van der Waals surface area contributed by atoms with Gasteiger partial charge in [0.25, 0.3) is 0 Å². The van der Waals surface area contributed by atoms with Crippen LogP contribution in [0.5, 0.6) is 0 Å². The minimum atomic E-state index is -1.98. The lowest BCUT2D eigenvalue weighted by atomic mass is 10.0. The minimum absolute atomic E-state index is 0.0165. The van der Waals surface area contributed by atoms with Crippen LogP contribution in [-0.2, 0) is 132 Å². The molecular weight excluding hydrogens is 1990 g/mol. The number of halogens is 5. The molecule has 7 aromatic carbocycles. The summed E-state index contributed by atoms with van der Waals surface area (Å²) in [5.41, 5.74) is 3.42. The van der Waals surface area contributed by atoms with E-state index in [9.17, 15) is 38.4 Å². The molecule has 16 amide bonds. The maximum absolute atomic E-state index is 15.9. The van der Waals surface area contributed by atoms with Gasteiger partial charge in [-0.05, 0) is 113 Å². The van der Waals surface area contributed by atoms with E-state index in [1.54, 1.807) is 196 Å². The molecule has 16 N–H and O–H groups in total. The summed E-state index contributed by atoms with van der Waals surface area (Å²) in [4.78, 5) is 234. The summed E-state index contributed by atoms with van der Waals surface area (Å²) in [5.74, 6) is -12.0. The second-order valence-corrected chi connectivity index (χ2v) is 36.6. The number of unbranched alkanes of at least 4 members (excludes halogenated alkanes) is 4. The monoisotopic (exact) mass is 2120 g/mol. The summed E-state index contributed by atoms with van der Waals surface area (Å²) in [7, 11) is 0. The first-order valence-electron chi connectivity index (χ1n) is 48.0. The van der Waals surface area contributed by atoms with Gasteiger partial charge in [-0.2, -0.15) is 0 Å². The Labute approximate surface area is 871 Å². The largest absolute Gasteiger partial charge is 0.445 e. The van der Waals surface area contributed by atoms with Crippen LogP contribution in [0.4, 0.5) is 24.0 Å². The number of ether oxygens (including phenoxy) is 7. The van der Waals surface area contributed by atoms with Crippen molar-refractivity contribution >= 4 is 153 Å². The summed E-state index contributed by atoms with van der Waals surface area (Å²) >= 11 is 31.9. The van der Waals surface area contributed by atoms with Crippen molar-refractivity contribution in [1.82, 2.24) is 85.1 Å². The van der Waals surface area contributed by atoms with Crippen molar-refractivity contribution in [3.05, 3.63) is 246 Å². The van der Waals surface area contributed by atoms with E-state index in [1.165, 1.54) is 13.8 Å². The van der Waals surface area contributed by atoms with Crippen molar-refractivity contribution in [2.75, 3.05) is 45.8 Å². The van der Waals surface area contributed by atoms with Crippen LogP contribution >= 0.6 is 58.0 Å². The van der Waals surface area contributed by atoms with E-state index in [-0.39, 0.29) is 87.1 Å². The van der Waals surface area contributed by atoms with Crippen LogP contribution in [0.25, 0.3) is 0 Å². The van der Waals surface area contributed by atoms with Crippen LogP contribution in [0.1, 0.15) is 157 Å². The lowest BCUT2D eigenvalue weighted by Gasteiger charge is -2.30. The zero-order valence-corrected chi connectivity index (χ0v) is 85.4. The van der Waals surface area contributed by atoms with Gasteiger partial charge in [0, 0.05) is 98.6 Å². The number of rotatable bonds is 48. The van der Waals surface area contributed by atoms with Crippen molar-refractivity contribution in [2.45, 2.75) is 231 Å². The van der Waals surface area contributed by atoms with Gasteiger partial charge in [0.05, 0.1) is 32.0 Å². The summed E-state index contributed by atoms with van der Waals surface area (Å²) in [5, 5.41) is 43.1. The lowest BCUT2D eigenvalue weighted by molar-refractivity contribution is -0.138. The number of nitrogens with one attached hydrogen (secondary N) is 16. The molecule has 0 spiro atoms. The summed E-state index contributed by atoms with van der Waals surface area (Å²) in [6.45, 7) is 2.72. The van der Waals surface area contributed by atoms with Crippen molar-refractivity contribution in [3.63, 3.8) is 0 Å². The predicted octanol–water partition coefficient (Wildman–Crippen LogP) is 10.5. The fourth-order valence-corrected chi connectivity index (χ4v) is 15.5. The van der Waals surface area contributed by atoms with Crippen LogP contribution in [0.15, 0.2) is 182 Å². The van der Waals surface area contributed by atoms with Crippen molar-refractivity contribution in [2.24, 2.45) is 5.92 Å². The van der Waals surface area contributed by atoms with E-state index in [1.807, 2.05) is 6.92 Å². The highest BCUT2D eigenvalue weighted by Crippen LogP contribution is 2.23. The Bertz CT molecular complexity index is 5470. The standard InChI is InChI=1S/C102H127Cl5N16O23/c1-6-7-8-9-16-41-85(124)115-79(44-50-110-99(136)143-59-69-32-18-23-37-74(69)104)93(130)123-88(65(5)141-57-67-29-14-11-15-30-67)97(134)121-82(46-52-112-101(138)145-61-71-34-20-25-39-76(71)106)92(129)118-80-42-48-108-96(133)87(64(4)140-56-66-27-12-10-13-28-66)122-94(131)83(47-53-113-102(139)146-62-72-35-21-26-40-77(72)107)119-91(128)81(45-51-111-100(137)144-60-70-33-19-24-38-75(70)105)120-95(132)84(54-63(2)3)116-86(125)55-114-89(126)78(117-90(80)127)43-49-109-98(135)142-58-68-31-17-22-36-73(68)103/h10-15,17-40,63-65,78-84,87-88H,6-9,16,41-62H2,1-5H3,(H,108,133)(H,109,135)(H,110,136)(H,111,137)(H,112,138)(H,113,139)(H,114,126)(H,115,124)(H,116,125)(H,117,127)(H,118,129)(H,119,128)(H,120,132)(H,121,134)(H,122,131)(H,123,130)/t64-,65-,78+,79+,80+,81+,82+,83+,84+,87+,88+/m1/s1. The molecule has 39 nitrogen and oxygen atoms in total. The highest BCUT2D eigenvalue weighted by atomic mass is 35.5. The molecule has 1 saturated heterocycles. The van der Waals surface area contributed by atoms with Gasteiger partial charge in [0.15, 0.2) is 0 Å². The van der Waals surface area contributed by atoms with Crippen LogP contribution in [0.3, 0.4) is 0 Å². The average Bonchev–Trinajstić information content (AvgIpc) is 0.968. The van der Waals surface area contributed by atoms with E-state index in [4.69, 9.17) is 91.2 Å². The predicted molar refractivity (Wildman–Crippen MR) is 544 cm³/mol. The van der Waals surface area contributed by atoms with E-state index in [2.05, 4.69) is 85.1 Å². The zero-order valence-electron chi connectivity index (χ0n) is 81.6. The minimum Gasteiger partial charge on any atom is -0.445 e. The molecule has 0 radical (unpaired) electrons. The van der Waals surface area contributed by atoms with Gasteiger partial charge in [-0.15, -0.1) is 0 Å². The topological polar surface area (TPSA) is 530 Å². The Kier molecular flexibility index (Phi) is 51.8. The first-order valence-corrected chi connectivity index (χ1v) is 49.9. The summed E-state index contributed by atoms with van der Waals surface area (Å²) in [6.07, 6.45) is -7.05. The van der Waals surface area contributed by atoms with Crippen LogP contribution < -0.4 is 85.1 Å². The third kappa shape index (κ3) is 43.4. The SMILES string of the molecule is CCCCCCCC(=O)N[C@@H](CCNC(=O)OCc1ccccc1Cl)C(=O)N[C@H](C(=O)N[C@@H](CCNC(=O)OCc1ccccc1Cl)C(=O)N[C@H]1CCNC(=O)[C@H]([C@@H](C)OCc2ccccc2)NC(=O)[C@H](CCNC(=O)OCc2ccccc2Cl)NC(=O)[C@H](CCNC(=O)OCc2ccccc2Cl)NC(=O)[C@H](CC(C)C)NC(=O)CNC(=O)[C@H](CCNC(=O)OCc2ccccc2Cl)NC1=O)[C@@H](C)OCc1ccccc1. The number of carbonyl (C=O) groups excluding carboxylic acids is 16. The highest BCUT2D eigenvalue weighted by Gasteiger charge is 2.39. The summed E-state index contributed by atoms with van der Waals surface area (Å²) in [6, 6.07) is 34.1. The molecule has 146 heavy (non-hydrogen) atoms. The number of carbonyl (C=O) groups is 16. The molecule has 44 heteroatoms. The quantitative estimate of drug-likeness (QED) is 0.0124. The summed E-state index contributed by atoms with van der Waals surface area (Å²) < 4.78 is 39.9. The van der Waals surface area contributed by atoms with E-state index < -0.39 is 239 Å². The second kappa shape index (κ2) is 64.3. The van der Waals surface area contributed by atoms with Crippen LogP contribution in [0.2, 0.25) is 25.1 Å². The van der Waals surface area contributed by atoms with E-state index >= 15 is 38.4 Å². The Morgan fingerprint density at radius 2 is 0.747 bits per heavy atom. The Morgan fingerprint density at radius 1 is 0.370 bits per heavy atom. The maximum atomic E-state index is 15.9. The molecule has 0 saturated carbocycles. The van der Waals surface area contributed by atoms with Gasteiger partial charge in [0.2, 0.25) is 65.0 Å². The third-order valence-corrected chi connectivity index (χ3v) is 24.6. The number of alkyl carbamates (subject to hydrolysis) is 5. The highest BCUT2D eigenvalue weighted by molar-refractivity contribution is 6.32. The first kappa shape index (κ1) is 118. The fourth-order valence-electron chi connectivity index (χ4n) is 14.5. The lowest BCUT2D eigenvalue weighted by Crippen LogP contribution is -2.62. The molecule has 1 aliphatic heterocycles. The van der Waals surface area contributed by atoms with Gasteiger partial charge in [0.1, 0.15) is 87.4 Å². The number of hydrogen-bond donors (Lipinski definition) is 16. The first-order chi connectivity index (χ1) is 70.2. The zero-order chi connectivity index (χ0) is 106. The molecule has 788 valence electrons. The van der Waals surface area contributed by atoms with Gasteiger partial charge >= 0.3 is 30.5 Å². The van der Waals surface area contributed by atoms with Crippen molar-refractivity contribution < 1.29 is 110 Å². The normalized spacial score (nSPS) is 17.0. The Balaban J connectivity index is 1.19. The molecule has 0 aliphatic carbocycles. The maximum Gasteiger partial charge on any atom is 0.407 e. The van der Waals surface area contributed by atoms with Crippen LogP contribution in [-0.4, -0.2) is 208 Å². The van der Waals surface area contributed by atoms with Crippen molar-refractivity contribution in [3.8, 4) is 0 Å². The van der Waals surface area contributed by atoms with Gasteiger partial charge in [-0.25, -0.2) is 24.0 Å². The van der Waals surface area contributed by atoms with E-state index in [0.717, 1.165) is 19.3 Å². The molecule has 0 unspecified atom stereocenters. The van der Waals surface area contributed by atoms with E-state index in [0.29, 0.717) is 61.8 Å². The third-order valence-electron chi connectivity index (χ3n) is 22.7. The Morgan fingerprint density at radius 3 is 1.17 bits per heavy atom. The van der Waals surface area contributed by atoms with Crippen LogP contribution in [0, 0.1) is 5.92 Å². The molecule has 1 aliphatic rings. The molecule has 1 heterocycles. The molecule has 11 atom stereocenters. The molecule has 0 bridgehead atoms. The molecule has 7 aromatic rings. The smallest absolute Gasteiger partial charge is 0.407 e. The van der Waals surface area contributed by atoms with Gasteiger partial charge < -0.3 is 118 Å². The Hall–Kier alpha value is -13.6. The molecule has 1 fully saturated rings. The second-order valence-electron chi connectivity index (χ2n) is 34.5. The fraction of sp³-hybridized carbons (Fsp3) is 0.431. The van der Waals surface area contributed by atoms with Crippen molar-refractivity contribution in [1.29, 1.82) is 0 Å². The number of hydrogen-bond acceptors (Lipinski definition) is 23. The molecule has 0 aromatic heterocycles. The molecule has 8 rings (SSSR count). The molecular formula is C102H127Cl5N16O23. The number of benzene rings is 7. The average molecular weight is 2120 g/mol. The number of amides is 16. The van der Waals surface area contributed by atoms with Gasteiger partial charge in [-0.3, -0.25) is 52.7 Å².